The Labute approximate surface area is 73.9 Å². The van der Waals surface area contributed by atoms with Gasteiger partial charge in [-0.1, -0.05) is 20.8 Å². The largest absolute Gasteiger partial charge is 0.369 e. The SMILES string of the molecule is CC(C)C(C)SCC1(C)CO1. The number of hydrogen-bond donors (Lipinski definition) is 0. The molecule has 0 spiro atoms. The quantitative estimate of drug-likeness (QED) is 0.607. The third kappa shape index (κ3) is 3.04. The Balaban J connectivity index is 2.11. The maximum atomic E-state index is 5.31. The molecule has 1 saturated heterocycles. The van der Waals surface area contributed by atoms with Gasteiger partial charge in [-0.3, -0.25) is 0 Å². The van der Waals surface area contributed by atoms with Gasteiger partial charge in [-0.25, -0.2) is 0 Å². The molecule has 1 fully saturated rings. The summed E-state index contributed by atoms with van der Waals surface area (Å²) in [4.78, 5) is 0. The molecule has 0 aromatic heterocycles. The van der Waals surface area contributed by atoms with E-state index >= 15 is 0 Å². The van der Waals surface area contributed by atoms with Gasteiger partial charge >= 0.3 is 0 Å². The van der Waals surface area contributed by atoms with Gasteiger partial charge in [0.1, 0.15) is 0 Å². The van der Waals surface area contributed by atoms with Crippen molar-refractivity contribution in [1.82, 2.24) is 0 Å². The van der Waals surface area contributed by atoms with Crippen molar-refractivity contribution >= 4 is 11.8 Å². The van der Waals surface area contributed by atoms with Gasteiger partial charge in [0.2, 0.25) is 0 Å². The molecule has 0 amide bonds. The normalized spacial score (nSPS) is 32.5. The lowest BCUT2D eigenvalue weighted by Gasteiger charge is -2.15. The summed E-state index contributed by atoms with van der Waals surface area (Å²) in [6.45, 7) is 9.99. The third-order valence-electron chi connectivity index (χ3n) is 2.23. The van der Waals surface area contributed by atoms with Gasteiger partial charge in [0.05, 0.1) is 12.2 Å². The van der Waals surface area contributed by atoms with Gasteiger partial charge in [0.15, 0.2) is 0 Å². The predicted molar refractivity (Wildman–Crippen MR) is 51.1 cm³/mol. The smallest absolute Gasteiger partial charge is 0.0978 e. The van der Waals surface area contributed by atoms with Crippen molar-refractivity contribution in [1.29, 1.82) is 0 Å². The first-order valence-electron chi connectivity index (χ1n) is 4.29. The van der Waals surface area contributed by atoms with E-state index in [-0.39, 0.29) is 5.60 Å². The van der Waals surface area contributed by atoms with E-state index in [1.54, 1.807) is 0 Å². The molecule has 0 aromatic carbocycles. The standard InChI is InChI=1S/C9H18OS/c1-7(2)8(3)11-6-9(4)5-10-9/h7-8H,5-6H2,1-4H3. The molecule has 1 aliphatic heterocycles. The van der Waals surface area contributed by atoms with Crippen molar-refractivity contribution in [2.45, 2.75) is 38.5 Å². The molecule has 1 nitrogen and oxygen atoms in total. The summed E-state index contributed by atoms with van der Waals surface area (Å²) in [5.41, 5.74) is 0.230. The number of hydrogen-bond acceptors (Lipinski definition) is 2. The Morgan fingerprint density at radius 2 is 2.00 bits per heavy atom. The summed E-state index contributed by atoms with van der Waals surface area (Å²) in [5, 5.41) is 0.760. The second-order valence-corrected chi connectivity index (χ2v) is 5.36. The average molecular weight is 174 g/mol. The van der Waals surface area contributed by atoms with Crippen LogP contribution in [-0.4, -0.2) is 23.2 Å². The van der Waals surface area contributed by atoms with Crippen LogP contribution in [0.3, 0.4) is 0 Å². The van der Waals surface area contributed by atoms with Crippen LogP contribution >= 0.6 is 11.8 Å². The van der Waals surface area contributed by atoms with Gasteiger partial charge in [-0.15, -0.1) is 0 Å². The van der Waals surface area contributed by atoms with Crippen LogP contribution in [0.2, 0.25) is 0 Å². The number of thioether (sulfide) groups is 1. The first-order chi connectivity index (χ1) is 5.03. The van der Waals surface area contributed by atoms with E-state index in [1.165, 1.54) is 0 Å². The van der Waals surface area contributed by atoms with Crippen LogP contribution < -0.4 is 0 Å². The molecule has 11 heavy (non-hydrogen) atoms. The highest BCUT2D eigenvalue weighted by molar-refractivity contribution is 7.99. The molecule has 0 bridgehead atoms. The molecule has 2 unspecified atom stereocenters. The van der Waals surface area contributed by atoms with E-state index in [9.17, 15) is 0 Å². The van der Waals surface area contributed by atoms with Crippen molar-refractivity contribution in [2.24, 2.45) is 5.92 Å². The fourth-order valence-corrected chi connectivity index (χ4v) is 1.87. The van der Waals surface area contributed by atoms with Crippen LogP contribution in [0.15, 0.2) is 0 Å². The van der Waals surface area contributed by atoms with Crippen LogP contribution in [-0.2, 0) is 4.74 Å². The summed E-state index contributed by atoms with van der Waals surface area (Å²) in [6.07, 6.45) is 0. The summed E-state index contributed by atoms with van der Waals surface area (Å²) in [6, 6.07) is 0. The van der Waals surface area contributed by atoms with E-state index in [4.69, 9.17) is 4.74 Å². The lowest BCUT2D eigenvalue weighted by Crippen LogP contribution is -2.14. The van der Waals surface area contributed by atoms with E-state index < -0.39 is 0 Å². The second kappa shape index (κ2) is 3.36. The van der Waals surface area contributed by atoms with Crippen molar-refractivity contribution in [3.05, 3.63) is 0 Å². The minimum atomic E-state index is 0.230. The van der Waals surface area contributed by atoms with E-state index in [0.717, 1.165) is 23.5 Å². The minimum Gasteiger partial charge on any atom is -0.369 e. The molecule has 66 valence electrons. The third-order valence-corrected chi connectivity index (χ3v) is 4.07. The fourth-order valence-electron chi connectivity index (χ4n) is 0.707. The Bertz CT molecular complexity index is 130. The maximum Gasteiger partial charge on any atom is 0.0978 e. The van der Waals surface area contributed by atoms with E-state index in [1.807, 2.05) is 11.8 Å². The molecular formula is C9H18OS. The molecule has 1 rings (SSSR count). The number of epoxide rings is 1. The zero-order valence-electron chi connectivity index (χ0n) is 7.89. The molecule has 0 saturated carbocycles. The highest BCUT2D eigenvalue weighted by Gasteiger charge is 2.39. The van der Waals surface area contributed by atoms with E-state index in [0.29, 0.717) is 0 Å². The molecule has 1 heterocycles. The van der Waals surface area contributed by atoms with E-state index in [2.05, 4.69) is 27.7 Å². The average Bonchev–Trinajstić information content (AvgIpc) is 2.64. The monoisotopic (exact) mass is 174 g/mol. The van der Waals surface area contributed by atoms with Gasteiger partial charge < -0.3 is 4.74 Å². The Hall–Kier alpha value is 0.310. The lowest BCUT2D eigenvalue weighted by atomic mass is 10.2. The van der Waals surface area contributed by atoms with Crippen molar-refractivity contribution in [3.8, 4) is 0 Å². The predicted octanol–water partition coefficient (Wildman–Crippen LogP) is 2.55. The highest BCUT2D eigenvalue weighted by atomic mass is 32.2. The first-order valence-corrected chi connectivity index (χ1v) is 5.34. The summed E-state index contributed by atoms with van der Waals surface area (Å²) in [7, 11) is 0. The zero-order valence-corrected chi connectivity index (χ0v) is 8.70. The zero-order chi connectivity index (χ0) is 8.48. The highest BCUT2D eigenvalue weighted by Crippen LogP contribution is 2.33. The molecule has 2 heteroatoms. The Kier molecular flexibility index (Phi) is 2.87. The summed E-state index contributed by atoms with van der Waals surface area (Å²) < 4.78 is 5.31. The van der Waals surface area contributed by atoms with Gasteiger partial charge in [0.25, 0.3) is 0 Å². The van der Waals surface area contributed by atoms with Crippen molar-refractivity contribution in [2.75, 3.05) is 12.4 Å². The van der Waals surface area contributed by atoms with Crippen LogP contribution in [0, 0.1) is 5.92 Å². The molecule has 2 atom stereocenters. The van der Waals surface area contributed by atoms with Crippen LogP contribution in [0.25, 0.3) is 0 Å². The second-order valence-electron chi connectivity index (χ2n) is 4.00. The Morgan fingerprint density at radius 3 is 2.36 bits per heavy atom. The topological polar surface area (TPSA) is 12.5 Å². The molecular weight excluding hydrogens is 156 g/mol. The summed E-state index contributed by atoms with van der Waals surface area (Å²) >= 11 is 2.03. The number of ether oxygens (including phenoxy) is 1. The van der Waals surface area contributed by atoms with Crippen LogP contribution in [0.4, 0.5) is 0 Å². The molecule has 0 N–H and O–H groups in total. The molecule has 0 aromatic rings. The van der Waals surface area contributed by atoms with Crippen molar-refractivity contribution < 1.29 is 4.74 Å². The maximum absolute atomic E-state index is 5.31. The van der Waals surface area contributed by atoms with Crippen molar-refractivity contribution in [3.63, 3.8) is 0 Å². The summed E-state index contributed by atoms with van der Waals surface area (Å²) in [5.74, 6) is 1.94. The molecule has 1 aliphatic rings. The first kappa shape index (κ1) is 9.40. The number of rotatable bonds is 4. The minimum absolute atomic E-state index is 0.230. The van der Waals surface area contributed by atoms with Crippen LogP contribution in [0.1, 0.15) is 27.7 Å². The Morgan fingerprint density at radius 1 is 1.45 bits per heavy atom. The van der Waals surface area contributed by atoms with Gasteiger partial charge in [-0.2, -0.15) is 11.8 Å². The molecule has 0 aliphatic carbocycles. The fraction of sp³-hybridized carbons (Fsp3) is 1.00. The lowest BCUT2D eigenvalue weighted by molar-refractivity contribution is 0.348. The van der Waals surface area contributed by atoms with Crippen LogP contribution in [0.5, 0.6) is 0 Å². The van der Waals surface area contributed by atoms with Gasteiger partial charge in [-0.05, 0) is 12.8 Å². The molecule has 0 radical (unpaired) electrons. The van der Waals surface area contributed by atoms with Gasteiger partial charge in [0, 0.05) is 11.0 Å².